The molecule has 2 aliphatic rings. The van der Waals surface area contributed by atoms with Crippen LogP contribution in [0.4, 0.5) is 5.69 Å². The minimum absolute atomic E-state index is 0.0748. The number of para-hydroxylation sites is 1. The number of nitrogens with zero attached hydrogens (tertiary/aromatic N) is 2. The number of fused-ring (bicyclic) bond motifs is 1. The van der Waals surface area contributed by atoms with Gasteiger partial charge < -0.3 is 9.64 Å². The highest BCUT2D eigenvalue weighted by Gasteiger charge is 2.49. The average molecular weight is 431 g/mol. The lowest BCUT2D eigenvalue weighted by Gasteiger charge is -2.25. The summed E-state index contributed by atoms with van der Waals surface area (Å²) in [6, 6.07) is 15.0. The number of carbonyl (C=O) groups excluding carboxylic acids is 1. The summed E-state index contributed by atoms with van der Waals surface area (Å²) in [4.78, 5) is 18.7. The van der Waals surface area contributed by atoms with Crippen LogP contribution in [0.2, 0.25) is 0 Å². The summed E-state index contributed by atoms with van der Waals surface area (Å²) >= 11 is 1.37. The number of thioether (sulfide) groups is 1. The van der Waals surface area contributed by atoms with E-state index in [-0.39, 0.29) is 29.4 Å². The number of amides is 1. The second-order valence-electron chi connectivity index (χ2n) is 7.41. The molecule has 2 heterocycles. The monoisotopic (exact) mass is 430 g/mol. The van der Waals surface area contributed by atoms with Gasteiger partial charge in [0.2, 0.25) is 0 Å². The van der Waals surface area contributed by atoms with Gasteiger partial charge in [-0.25, -0.2) is 8.42 Å². The largest absolute Gasteiger partial charge is 0.484 e. The number of sulfone groups is 1. The van der Waals surface area contributed by atoms with Gasteiger partial charge in [-0.2, -0.15) is 4.99 Å². The number of aliphatic imine (C=N–C) groups is 1. The number of aryl methyl sites for hydroxylation is 2. The lowest BCUT2D eigenvalue weighted by Crippen LogP contribution is -2.38. The molecule has 2 atom stereocenters. The van der Waals surface area contributed by atoms with Crippen LogP contribution in [0.1, 0.15) is 11.1 Å². The van der Waals surface area contributed by atoms with E-state index in [9.17, 15) is 13.2 Å². The molecular formula is C21H22N2O4S2. The Morgan fingerprint density at radius 3 is 2.52 bits per heavy atom. The van der Waals surface area contributed by atoms with Gasteiger partial charge in [0.15, 0.2) is 21.6 Å². The molecule has 6 nitrogen and oxygen atoms in total. The Hall–Kier alpha value is -2.32. The summed E-state index contributed by atoms with van der Waals surface area (Å²) in [6.45, 7) is 3.83. The maximum absolute atomic E-state index is 12.5. The Kier molecular flexibility index (Phi) is 5.40. The van der Waals surface area contributed by atoms with E-state index in [2.05, 4.69) is 11.1 Å². The third-order valence-corrected chi connectivity index (χ3v) is 8.09. The molecule has 0 spiro atoms. The van der Waals surface area contributed by atoms with Crippen LogP contribution in [0.25, 0.3) is 0 Å². The topological polar surface area (TPSA) is 76.0 Å². The molecular weight excluding hydrogens is 408 g/mol. The minimum atomic E-state index is -3.09. The summed E-state index contributed by atoms with van der Waals surface area (Å²) in [5.41, 5.74) is 3.02. The van der Waals surface area contributed by atoms with Crippen LogP contribution in [-0.2, 0) is 14.6 Å². The van der Waals surface area contributed by atoms with Gasteiger partial charge in [-0.1, -0.05) is 36.0 Å². The second-order valence-corrected chi connectivity index (χ2v) is 10.8. The molecule has 2 aromatic rings. The van der Waals surface area contributed by atoms with Crippen LogP contribution >= 0.6 is 11.8 Å². The van der Waals surface area contributed by atoms with Crippen molar-refractivity contribution in [1.82, 2.24) is 0 Å². The zero-order valence-corrected chi connectivity index (χ0v) is 17.9. The number of hydrogen-bond acceptors (Lipinski definition) is 5. The first-order chi connectivity index (χ1) is 13.8. The molecule has 4 rings (SSSR count). The third-order valence-electron chi connectivity index (χ3n) is 4.88. The first-order valence-corrected chi connectivity index (χ1v) is 12.0. The predicted octanol–water partition coefficient (Wildman–Crippen LogP) is 2.98. The molecule has 0 radical (unpaired) electrons. The molecule has 1 amide bonds. The highest BCUT2D eigenvalue weighted by molar-refractivity contribution is 8.16. The summed E-state index contributed by atoms with van der Waals surface area (Å²) in [7, 11) is -3.09. The van der Waals surface area contributed by atoms with Crippen molar-refractivity contribution in [3.05, 3.63) is 59.7 Å². The van der Waals surface area contributed by atoms with Crippen LogP contribution in [0.3, 0.4) is 0 Å². The molecule has 2 aromatic carbocycles. The molecule has 8 heteroatoms. The quantitative estimate of drug-likeness (QED) is 0.742. The first-order valence-electron chi connectivity index (χ1n) is 9.35. The number of anilines is 1. The van der Waals surface area contributed by atoms with Crippen LogP contribution in [0.5, 0.6) is 5.75 Å². The number of benzene rings is 2. The molecule has 0 aliphatic carbocycles. The van der Waals surface area contributed by atoms with Crippen molar-refractivity contribution in [1.29, 1.82) is 0 Å². The van der Waals surface area contributed by atoms with E-state index in [1.165, 1.54) is 11.8 Å². The van der Waals surface area contributed by atoms with E-state index in [4.69, 9.17) is 4.74 Å². The van der Waals surface area contributed by atoms with Crippen molar-refractivity contribution >= 4 is 38.4 Å². The Morgan fingerprint density at radius 2 is 1.83 bits per heavy atom. The van der Waals surface area contributed by atoms with Crippen molar-refractivity contribution < 1.29 is 17.9 Å². The molecule has 2 fully saturated rings. The maximum Gasteiger partial charge on any atom is 0.285 e. The summed E-state index contributed by atoms with van der Waals surface area (Å²) in [5, 5.41) is 0.420. The normalized spacial score (nSPS) is 23.9. The first kappa shape index (κ1) is 20.0. The smallest absolute Gasteiger partial charge is 0.285 e. The molecule has 2 aliphatic heterocycles. The Bertz CT molecular complexity index is 1050. The minimum Gasteiger partial charge on any atom is -0.484 e. The van der Waals surface area contributed by atoms with Gasteiger partial charge in [0.1, 0.15) is 5.75 Å². The molecule has 2 saturated heterocycles. The van der Waals surface area contributed by atoms with Crippen molar-refractivity contribution in [2.45, 2.75) is 25.1 Å². The fourth-order valence-corrected chi connectivity index (χ4v) is 7.69. The summed E-state index contributed by atoms with van der Waals surface area (Å²) in [5.74, 6) is 0.394. The molecule has 0 bridgehead atoms. The molecule has 0 unspecified atom stereocenters. The second kappa shape index (κ2) is 7.84. The van der Waals surface area contributed by atoms with Crippen molar-refractivity contribution in [3.63, 3.8) is 0 Å². The van der Waals surface area contributed by atoms with Gasteiger partial charge in [0.05, 0.1) is 17.5 Å². The summed E-state index contributed by atoms with van der Waals surface area (Å²) < 4.78 is 29.9. The van der Waals surface area contributed by atoms with E-state index in [1.807, 2.05) is 49.1 Å². The lowest BCUT2D eigenvalue weighted by molar-refractivity contribution is -0.119. The Morgan fingerprint density at radius 1 is 1.14 bits per heavy atom. The van der Waals surface area contributed by atoms with E-state index in [1.54, 1.807) is 12.1 Å². The van der Waals surface area contributed by atoms with Gasteiger partial charge in [-0.3, -0.25) is 4.79 Å². The molecule has 29 heavy (non-hydrogen) atoms. The fraction of sp³-hybridized carbons (Fsp3) is 0.333. The SMILES string of the molecule is Cc1cc(C)cc(N2C(=NC(=O)COc3ccccc3)S[C@H]3CS(=O)(=O)C[C@H]32)c1. The van der Waals surface area contributed by atoms with Crippen molar-refractivity contribution in [2.75, 3.05) is 23.0 Å². The number of amidine groups is 1. The lowest BCUT2D eigenvalue weighted by atomic mass is 10.1. The highest BCUT2D eigenvalue weighted by Crippen LogP contribution is 2.41. The highest BCUT2D eigenvalue weighted by atomic mass is 32.2. The Balaban J connectivity index is 1.60. The van der Waals surface area contributed by atoms with Crippen LogP contribution in [0, 0.1) is 13.8 Å². The van der Waals surface area contributed by atoms with Gasteiger partial charge in [-0.05, 0) is 49.2 Å². The maximum atomic E-state index is 12.5. The zero-order chi connectivity index (χ0) is 20.6. The van der Waals surface area contributed by atoms with E-state index in [0.717, 1.165) is 16.8 Å². The fourth-order valence-electron chi connectivity index (χ4n) is 3.76. The van der Waals surface area contributed by atoms with Gasteiger partial charge in [-0.15, -0.1) is 0 Å². The molecule has 0 aromatic heterocycles. The molecule has 0 N–H and O–H groups in total. The number of ether oxygens (including phenoxy) is 1. The van der Waals surface area contributed by atoms with Crippen molar-refractivity contribution in [3.8, 4) is 5.75 Å². The van der Waals surface area contributed by atoms with Crippen LogP contribution in [0.15, 0.2) is 53.5 Å². The van der Waals surface area contributed by atoms with Crippen molar-refractivity contribution in [2.24, 2.45) is 4.99 Å². The standard InChI is InChI=1S/C21H22N2O4S2/c1-14-8-15(2)10-16(9-14)23-18-12-29(25,26)13-19(18)28-21(23)22-20(24)11-27-17-6-4-3-5-7-17/h3-10,18-19H,11-13H2,1-2H3/t18-,19+/m1/s1. The predicted molar refractivity (Wildman–Crippen MR) is 117 cm³/mol. The zero-order valence-electron chi connectivity index (χ0n) is 16.2. The Labute approximate surface area is 174 Å². The number of hydrogen-bond donors (Lipinski definition) is 0. The molecule has 152 valence electrons. The number of rotatable bonds is 4. The van der Waals surface area contributed by atoms with Gasteiger partial charge >= 0.3 is 0 Å². The van der Waals surface area contributed by atoms with Crippen LogP contribution < -0.4 is 9.64 Å². The molecule has 0 saturated carbocycles. The van der Waals surface area contributed by atoms with Gasteiger partial charge in [0, 0.05) is 10.9 Å². The van der Waals surface area contributed by atoms with E-state index >= 15 is 0 Å². The van der Waals surface area contributed by atoms with E-state index in [0.29, 0.717) is 10.9 Å². The van der Waals surface area contributed by atoms with E-state index < -0.39 is 15.7 Å². The average Bonchev–Trinajstić information content (AvgIpc) is 3.10. The van der Waals surface area contributed by atoms with Gasteiger partial charge in [0.25, 0.3) is 5.91 Å². The number of carbonyl (C=O) groups is 1. The summed E-state index contributed by atoms with van der Waals surface area (Å²) in [6.07, 6.45) is 0. The van der Waals surface area contributed by atoms with Crippen LogP contribution in [-0.4, -0.2) is 48.9 Å². The third kappa shape index (κ3) is 4.48.